The van der Waals surface area contributed by atoms with Gasteiger partial charge in [0.15, 0.2) is 0 Å². The largest absolute Gasteiger partial charge is 0.507 e. The number of carbonyl (C=O) groups is 2. The van der Waals surface area contributed by atoms with Crippen molar-refractivity contribution in [3.63, 3.8) is 0 Å². The van der Waals surface area contributed by atoms with Gasteiger partial charge in [-0.25, -0.2) is 0 Å². The van der Waals surface area contributed by atoms with Gasteiger partial charge in [-0.15, -0.1) is 0 Å². The van der Waals surface area contributed by atoms with Gasteiger partial charge < -0.3 is 19.5 Å². The Morgan fingerprint density at radius 2 is 1.74 bits per heavy atom. The van der Waals surface area contributed by atoms with Gasteiger partial charge in [0.2, 0.25) is 0 Å². The molecule has 34 heavy (non-hydrogen) atoms. The van der Waals surface area contributed by atoms with Crippen LogP contribution in [0, 0.1) is 6.92 Å². The number of aromatic nitrogens is 1. The molecule has 1 aliphatic heterocycles. The number of aliphatic hydroxyl groups excluding tert-OH is 1. The van der Waals surface area contributed by atoms with Crippen LogP contribution in [0.4, 0.5) is 0 Å². The summed E-state index contributed by atoms with van der Waals surface area (Å²) in [5, 5.41) is 11.7. The molecule has 1 unspecified atom stereocenters. The van der Waals surface area contributed by atoms with Crippen molar-refractivity contribution in [1.82, 2.24) is 9.88 Å². The second kappa shape index (κ2) is 9.57. The molecule has 8 heteroatoms. The maximum atomic E-state index is 13.3. The van der Waals surface area contributed by atoms with Crippen LogP contribution in [0.15, 0.2) is 66.5 Å². The highest BCUT2D eigenvalue weighted by molar-refractivity contribution is 6.46. The first-order valence-electron chi connectivity index (χ1n) is 10.5. The minimum atomic E-state index is -0.805. The Labute approximate surface area is 202 Å². The average molecular weight is 479 g/mol. The Morgan fingerprint density at radius 3 is 2.38 bits per heavy atom. The summed E-state index contributed by atoms with van der Waals surface area (Å²) >= 11 is 6.22. The Bertz CT molecular complexity index is 1290. The number of aryl methyl sites for hydroxylation is 1. The van der Waals surface area contributed by atoms with Crippen molar-refractivity contribution in [3.8, 4) is 11.5 Å². The first-order chi connectivity index (χ1) is 16.4. The molecule has 0 radical (unpaired) electrons. The molecule has 0 bridgehead atoms. The minimum absolute atomic E-state index is 0.0315. The Morgan fingerprint density at radius 1 is 1.06 bits per heavy atom. The van der Waals surface area contributed by atoms with E-state index in [1.54, 1.807) is 24.5 Å². The summed E-state index contributed by atoms with van der Waals surface area (Å²) in [7, 11) is 2.87. The van der Waals surface area contributed by atoms with E-state index in [1.165, 1.54) is 31.3 Å². The number of pyridine rings is 1. The van der Waals surface area contributed by atoms with Gasteiger partial charge in [-0.1, -0.05) is 35.9 Å². The molecule has 3 aromatic rings. The quantitative estimate of drug-likeness (QED) is 0.314. The van der Waals surface area contributed by atoms with E-state index in [2.05, 4.69) is 4.98 Å². The molecule has 1 aliphatic rings. The maximum Gasteiger partial charge on any atom is 0.295 e. The second-order valence-electron chi connectivity index (χ2n) is 7.83. The van der Waals surface area contributed by atoms with Crippen LogP contribution >= 0.6 is 11.6 Å². The van der Waals surface area contributed by atoms with E-state index in [0.29, 0.717) is 5.75 Å². The predicted octanol–water partition coefficient (Wildman–Crippen LogP) is 4.68. The number of halogens is 1. The van der Waals surface area contributed by atoms with Gasteiger partial charge in [0, 0.05) is 25.0 Å². The van der Waals surface area contributed by atoms with Gasteiger partial charge in [-0.05, 0) is 41.8 Å². The number of rotatable bonds is 6. The average Bonchev–Trinajstić information content (AvgIpc) is 3.09. The van der Waals surface area contributed by atoms with Crippen molar-refractivity contribution < 1.29 is 24.2 Å². The van der Waals surface area contributed by atoms with Crippen molar-refractivity contribution in [1.29, 1.82) is 0 Å². The Balaban J connectivity index is 1.95. The van der Waals surface area contributed by atoms with Crippen LogP contribution in [0.25, 0.3) is 5.76 Å². The second-order valence-corrected chi connectivity index (χ2v) is 8.23. The van der Waals surface area contributed by atoms with E-state index >= 15 is 0 Å². The van der Waals surface area contributed by atoms with E-state index in [0.717, 1.165) is 16.7 Å². The van der Waals surface area contributed by atoms with Crippen LogP contribution in [0.2, 0.25) is 5.02 Å². The third-order valence-corrected chi connectivity index (χ3v) is 6.15. The fourth-order valence-corrected chi connectivity index (χ4v) is 4.37. The molecule has 0 spiro atoms. The summed E-state index contributed by atoms with van der Waals surface area (Å²) in [5.41, 5.74) is 2.58. The molecular formula is C26H23ClN2O5. The molecule has 1 saturated heterocycles. The lowest BCUT2D eigenvalue weighted by Gasteiger charge is -2.26. The maximum absolute atomic E-state index is 13.3. The topological polar surface area (TPSA) is 89.0 Å². The predicted molar refractivity (Wildman–Crippen MR) is 128 cm³/mol. The van der Waals surface area contributed by atoms with E-state index in [1.807, 2.05) is 31.2 Å². The van der Waals surface area contributed by atoms with Crippen LogP contribution in [-0.4, -0.2) is 40.9 Å². The summed E-state index contributed by atoms with van der Waals surface area (Å²) < 4.78 is 10.7. The van der Waals surface area contributed by atoms with Crippen molar-refractivity contribution in [3.05, 3.63) is 93.8 Å². The number of amides is 1. The van der Waals surface area contributed by atoms with Gasteiger partial charge >= 0.3 is 0 Å². The van der Waals surface area contributed by atoms with E-state index in [9.17, 15) is 14.7 Å². The molecule has 1 fully saturated rings. The number of aliphatic hydroxyl groups is 1. The molecule has 2 heterocycles. The van der Waals surface area contributed by atoms with Gasteiger partial charge in [-0.2, -0.15) is 0 Å². The molecule has 7 nitrogen and oxygen atoms in total. The zero-order valence-electron chi connectivity index (χ0n) is 18.9. The fourth-order valence-electron chi connectivity index (χ4n) is 4.14. The molecule has 0 saturated carbocycles. The molecule has 174 valence electrons. The number of hydrogen-bond donors (Lipinski definition) is 1. The fraction of sp³-hybridized carbons (Fsp3) is 0.192. The molecule has 4 rings (SSSR count). The van der Waals surface area contributed by atoms with Crippen LogP contribution in [-0.2, 0) is 16.1 Å². The summed E-state index contributed by atoms with van der Waals surface area (Å²) in [6.07, 6.45) is 3.25. The van der Waals surface area contributed by atoms with Gasteiger partial charge in [0.1, 0.15) is 17.3 Å². The minimum Gasteiger partial charge on any atom is -0.507 e. The molecule has 1 atom stereocenters. The third kappa shape index (κ3) is 4.10. The Hall–Kier alpha value is -3.84. The van der Waals surface area contributed by atoms with Gasteiger partial charge in [-0.3, -0.25) is 14.6 Å². The molecule has 2 aromatic carbocycles. The Kier molecular flexibility index (Phi) is 6.56. The molecule has 0 aliphatic carbocycles. The number of methoxy groups -OCH3 is 2. The van der Waals surface area contributed by atoms with Crippen molar-refractivity contribution >= 4 is 29.1 Å². The lowest BCUT2D eigenvalue weighted by atomic mass is 9.92. The number of carbonyl (C=O) groups excluding carboxylic acids is 2. The van der Waals surface area contributed by atoms with E-state index in [4.69, 9.17) is 21.1 Å². The number of nitrogens with zero attached hydrogens (tertiary/aromatic N) is 2. The van der Waals surface area contributed by atoms with Crippen LogP contribution in [0.3, 0.4) is 0 Å². The van der Waals surface area contributed by atoms with E-state index in [-0.39, 0.29) is 34.2 Å². The SMILES string of the molecule is COc1cc(/C(O)=C2\C(=O)C(=O)N(Cc3ccncc3)C2c2ccccc2C)c(OC)cc1Cl. The standard InChI is InChI=1S/C26H23ClN2O5/c1-15-6-4-5-7-17(15)23-22(24(30)18-12-21(34-3)19(27)13-20(18)33-2)25(31)26(32)29(23)14-16-8-10-28-11-9-16/h4-13,23,30H,14H2,1-3H3/b24-22+. The monoisotopic (exact) mass is 478 g/mol. The highest BCUT2D eigenvalue weighted by Gasteiger charge is 2.46. The number of ketones is 1. The zero-order chi connectivity index (χ0) is 24.4. The van der Waals surface area contributed by atoms with Gasteiger partial charge in [0.25, 0.3) is 11.7 Å². The van der Waals surface area contributed by atoms with E-state index < -0.39 is 17.7 Å². The lowest BCUT2D eigenvalue weighted by Crippen LogP contribution is -2.29. The van der Waals surface area contributed by atoms with Crippen molar-refractivity contribution in [2.75, 3.05) is 14.2 Å². The number of hydrogen-bond acceptors (Lipinski definition) is 6. The summed E-state index contributed by atoms with van der Waals surface area (Å²) in [5.74, 6) is -1.31. The third-order valence-electron chi connectivity index (χ3n) is 5.85. The zero-order valence-corrected chi connectivity index (χ0v) is 19.7. The summed E-state index contributed by atoms with van der Waals surface area (Å²) in [6.45, 7) is 2.07. The normalized spacial score (nSPS) is 17.2. The number of benzene rings is 2. The highest BCUT2D eigenvalue weighted by atomic mass is 35.5. The summed E-state index contributed by atoms with van der Waals surface area (Å²) in [4.78, 5) is 32.0. The van der Waals surface area contributed by atoms with Crippen LogP contribution in [0.1, 0.15) is 28.3 Å². The molecule has 1 N–H and O–H groups in total. The van der Waals surface area contributed by atoms with Crippen molar-refractivity contribution in [2.24, 2.45) is 0 Å². The number of ether oxygens (including phenoxy) is 2. The van der Waals surface area contributed by atoms with Crippen LogP contribution < -0.4 is 9.47 Å². The van der Waals surface area contributed by atoms with Crippen molar-refractivity contribution in [2.45, 2.75) is 19.5 Å². The molecule has 1 aromatic heterocycles. The summed E-state index contributed by atoms with van der Waals surface area (Å²) in [6, 6.07) is 13.2. The highest BCUT2D eigenvalue weighted by Crippen LogP contribution is 2.44. The molecule has 1 amide bonds. The lowest BCUT2D eigenvalue weighted by molar-refractivity contribution is -0.140. The van der Waals surface area contributed by atoms with Gasteiger partial charge in [0.05, 0.1) is 36.4 Å². The first-order valence-corrected chi connectivity index (χ1v) is 10.9. The molecular weight excluding hydrogens is 456 g/mol. The first kappa shape index (κ1) is 23.3. The number of Topliss-reactive ketones (excluding diaryl/α,β-unsaturated/α-hetero) is 1. The van der Waals surface area contributed by atoms with Crippen LogP contribution in [0.5, 0.6) is 11.5 Å². The number of likely N-dealkylation sites (tertiary alicyclic amines) is 1. The smallest absolute Gasteiger partial charge is 0.295 e.